The summed E-state index contributed by atoms with van der Waals surface area (Å²) in [5, 5.41) is 3.27. The summed E-state index contributed by atoms with van der Waals surface area (Å²) in [6, 6.07) is 16.2. The van der Waals surface area contributed by atoms with Gasteiger partial charge in [-0.3, -0.25) is 13.9 Å². The fourth-order valence-electron chi connectivity index (χ4n) is 3.92. The second kappa shape index (κ2) is 13.4. The third kappa shape index (κ3) is 8.23. The van der Waals surface area contributed by atoms with Gasteiger partial charge in [-0.2, -0.15) is 13.2 Å². The normalized spacial score (nSPS) is 13.2. The summed E-state index contributed by atoms with van der Waals surface area (Å²) < 4.78 is 68.7. The lowest BCUT2D eigenvalue weighted by atomic mass is 10.1. The summed E-state index contributed by atoms with van der Waals surface area (Å²) in [4.78, 5) is 27.9. The highest BCUT2D eigenvalue weighted by Gasteiger charge is 2.35. The minimum Gasteiger partial charge on any atom is -0.352 e. The zero-order valence-electron chi connectivity index (χ0n) is 22.7. The highest BCUT2D eigenvalue weighted by Crippen LogP contribution is 2.33. The largest absolute Gasteiger partial charge is 0.416 e. The number of halogens is 4. The van der Waals surface area contributed by atoms with Crippen LogP contribution in [-0.2, 0) is 32.3 Å². The van der Waals surface area contributed by atoms with Crippen molar-refractivity contribution >= 4 is 39.1 Å². The van der Waals surface area contributed by atoms with E-state index in [2.05, 4.69) is 5.32 Å². The van der Waals surface area contributed by atoms with Gasteiger partial charge < -0.3 is 10.2 Å². The summed E-state index contributed by atoms with van der Waals surface area (Å²) in [6.07, 6.45) is -4.10. The van der Waals surface area contributed by atoms with Crippen LogP contribution in [0.25, 0.3) is 0 Å². The second-order valence-electron chi connectivity index (χ2n) is 9.51. The molecule has 0 saturated carbocycles. The van der Waals surface area contributed by atoms with Gasteiger partial charge in [0.15, 0.2) is 0 Å². The maximum absolute atomic E-state index is 13.9. The van der Waals surface area contributed by atoms with Crippen LogP contribution in [-0.4, -0.2) is 43.8 Å². The average molecular weight is 610 g/mol. The minimum absolute atomic E-state index is 0.0765. The smallest absolute Gasteiger partial charge is 0.352 e. The number of carbonyl (C=O) groups excluding carboxylic acids is 2. The molecule has 0 fully saturated rings. The Bertz CT molecular complexity index is 1450. The molecule has 7 nitrogen and oxygen atoms in total. The van der Waals surface area contributed by atoms with Crippen molar-refractivity contribution in [2.24, 2.45) is 0 Å². The van der Waals surface area contributed by atoms with Crippen molar-refractivity contribution in [3.63, 3.8) is 0 Å². The van der Waals surface area contributed by atoms with Gasteiger partial charge in [0.05, 0.1) is 16.1 Å². The third-order valence-electron chi connectivity index (χ3n) is 6.51. The molecular weight excluding hydrogens is 579 g/mol. The summed E-state index contributed by atoms with van der Waals surface area (Å²) in [7, 11) is -4.49. The Kier molecular flexibility index (Phi) is 10.4. The number of alkyl halides is 3. The molecule has 3 aromatic carbocycles. The molecule has 0 heterocycles. The first-order valence-electron chi connectivity index (χ1n) is 12.8. The van der Waals surface area contributed by atoms with E-state index in [9.17, 15) is 31.2 Å². The van der Waals surface area contributed by atoms with Crippen LogP contribution >= 0.6 is 11.6 Å². The third-order valence-corrected chi connectivity index (χ3v) is 8.55. The summed E-state index contributed by atoms with van der Waals surface area (Å²) in [6.45, 7) is 4.26. The van der Waals surface area contributed by atoms with Gasteiger partial charge in [-0.05, 0) is 68.3 Å². The van der Waals surface area contributed by atoms with Crippen LogP contribution in [0.15, 0.2) is 83.8 Å². The van der Waals surface area contributed by atoms with Crippen molar-refractivity contribution in [3.05, 3.63) is 95.0 Å². The Labute approximate surface area is 243 Å². The number of rotatable bonds is 11. The Morgan fingerprint density at radius 2 is 1.59 bits per heavy atom. The first kappa shape index (κ1) is 32.0. The minimum atomic E-state index is -4.74. The van der Waals surface area contributed by atoms with Crippen molar-refractivity contribution in [1.82, 2.24) is 10.2 Å². The molecule has 0 radical (unpaired) electrons. The first-order chi connectivity index (χ1) is 19.2. The number of benzene rings is 3. The van der Waals surface area contributed by atoms with Gasteiger partial charge in [-0.1, -0.05) is 54.9 Å². The fourth-order valence-corrected chi connectivity index (χ4v) is 5.47. The number of hydrogen-bond donors (Lipinski definition) is 1. The number of hydrogen-bond acceptors (Lipinski definition) is 4. The van der Waals surface area contributed by atoms with Crippen LogP contribution in [0.5, 0.6) is 0 Å². The average Bonchev–Trinajstić information content (AvgIpc) is 2.95. The van der Waals surface area contributed by atoms with Gasteiger partial charge in [0.1, 0.15) is 12.6 Å². The fraction of sp³-hybridized carbons (Fsp3) is 0.310. The van der Waals surface area contributed by atoms with Gasteiger partial charge in [0.25, 0.3) is 10.0 Å². The second-order valence-corrected chi connectivity index (χ2v) is 11.8. The molecule has 3 aromatic rings. The van der Waals surface area contributed by atoms with Crippen LogP contribution < -0.4 is 9.62 Å². The van der Waals surface area contributed by atoms with Crippen LogP contribution in [0, 0.1) is 0 Å². The molecule has 1 N–H and O–H groups in total. The lowest BCUT2D eigenvalue weighted by Crippen LogP contribution is -2.52. The van der Waals surface area contributed by atoms with E-state index in [1.54, 1.807) is 37.3 Å². The van der Waals surface area contributed by atoms with Gasteiger partial charge >= 0.3 is 6.18 Å². The highest BCUT2D eigenvalue weighted by atomic mass is 35.5. The number of amides is 2. The van der Waals surface area contributed by atoms with Crippen molar-refractivity contribution in [2.75, 3.05) is 10.8 Å². The standard InChI is InChI=1S/C29H31ClF3N3O4S/c1-4-20(2)34-28(38)21(3)35(18-22-13-15-24(30)16-14-22)27(37)19-36(41(39,40)26-11-6-5-7-12-26)25-10-8-9-23(17-25)29(31,32)33/h5-17,20-21H,4,18-19H2,1-3H3,(H,34,38)/t20-,21+/m1/s1. The van der Waals surface area contributed by atoms with E-state index in [4.69, 9.17) is 11.6 Å². The molecule has 12 heteroatoms. The van der Waals surface area contributed by atoms with Crippen LogP contribution in [0.1, 0.15) is 38.3 Å². The number of nitrogens with one attached hydrogen (secondary N) is 1. The lowest BCUT2D eigenvalue weighted by Gasteiger charge is -2.32. The van der Waals surface area contributed by atoms with Crippen molar-refractivity contribution in [1.29, 1.82) is 0 Å². The maximum atomic E-state index is 13.9. The first-order valence-corrected chi connectivity index (χ1v) is 14.6. The zero-order valence-corrected chi connectivity index (χ0v) is 24.3. The number of anilines is 1. The van der Waals surface area contributed by atoms with E-state index in [1.165, 1.54) is 42.2 Å². The molecule has 41 heavy (non-hydrogen) atoms. The molecule has 0 bridgehead atoms. The molecule has 220 valence electrons. The molecule has 0 aliphatic rings. The molecule has 0 unspecified atom stereocenters. The Hall–Kier alpha value is -3.57. The van der Waals surface area contributed by atoms with Crippen LogP contribution in [0.4, 0.5) is 18.9 Å². The van der Waals surface area contributed by atoms with Crippen molar-refractivity contribution in [3.8, 4) is 0 Å². The Balaban J connectivity index is 2.07. The molecule has 2 atom stereocenters. The molecule has 2 amide bonds. The molecule has 3 rings (SSSR count). The molecular formula is C29H31ClF3N3O4S. The quantitative estimate of drug-likeness (QED) is 0.294. The van der Waals surface area contributed by atoms with E-state index in [0.29, 0.717) is 27.4 Å². The molecule has 0 aromatic heterocycles. The summed E-state index contributed by atoms with van der Waals surface area (Å²) >= 11 is 5.99. The molecule has 0 aliphatic heterocycles. The van der Waals surface area contributed by atoms with E-state index in [-0.39, 0.29) is 23.2 Å². The molecule has 0 spiro atoms. The van der Waals surface area contributed by atoms with Crippen LogP contribution in [0.2, 0.25) is 5.02 Å². The molecule has 0 aliphatic carbocycles. The predicted molar refractivity (Wildman–Crippen MR) is 152 cm³/mol. The monoisotopic (exact) mass is 609 g/mol. The van der Waals surface area contributed by atoms with E-state index in [1.807, 2.05) is 6.92 Å². The lowest BCUT2D eigenvalue weighted by molar-refractivity contribution is -0.139. The predicted octanol–water partition coefficient (Wildman–Crippen LogP) is 5.89. The van der Waals surface area contributed by atoms with Gasteiger partial charge in [0.2, 0.25) is 11.8 Å². The summed E-state index contributed by atoms with van der Waals surface area (Å²) in [5.41, 5.74) is -0.808. The van der Waals surface area contributed by atoms with Gasteiger partial charge in [-0.15, -0.1) is 0 Å². The number of nitrogens with zero attached hydrogens (tertiary/aromatic N) is 2. The number of sulfonamides is 1. The van der Waals surface area contributed by atoms with E-state index >= 15 is 0 Å². The Morgan fingerprint density at radius 1 is 0.951 bits per heavy atom. The zero-order chi connectivity index (χ0) is 30.4. The van der Waals surface area contributed by atoms with Crippen molar-refractivity contribution in [2.45, 2.75) is 56.9 Å². The van der Waals surface area contributed by atoms with Gasteiger partial charge in [-0.25, -0.2) is 8.42 Å². The summed E-state index contributed by atoms with van der Waals surface area (Å²) in [5.74, 6) is -1.25. The van der Waals surface area contributed by atoms with E-state index < -0.39 is 46.2 Å². The number of carbonyl (C=O) groups is 2. The SMILES string of the molecule is CC[C@@H](C)NC(=O)[C@H](C)N(Cc1ccc(Cl)cc1)C(=O)CN(c1cccc(C(F)(F)F)c1)S(=O)(=O)c1ccccc1. The molecule has 0 saturated heterocycles. The Morgan fingerprint density at radius 3 is 2.17 bits per heavy atom. The van der Waals surface area contributed by atoms with Crippen LogP contribution in [0.3, 0.4) is 0 Å². The highest BCUT2D eigenvalue weighted by molar-refractivity contribution is 7.92. The van der Waals surface area contributed by atoms with Gasteiger partial charge in [0, 0.05) is 17.6 Å². The maximum Gasteiger partial charge on any atom is 0.416 e. The van der Waals surface area contributed by atoms with E-state index in [0.717, 1.165) is 12.1 Å². The topological polar surface area (TPSA) is 86.8 Å². The van der Waals surface area contributed by atoms with Crippen molar-refractivity contribution < 1.29 is 31.2 Å².